The Kier molecular flexibility index (Phi) is 6.19. The van der Waals surface area contributed by atoms with E-state index < -0.39 is 5.41 Å². The third-order valence-electron chi connectivity index (χ3n) is 4.62. The number of aryl methyl sites for hydroxylation is 1. The van der Waals surface area contributed by atoms with Crippen molar-refractivity contribution in [3.05, 3.63) is 65.7 Å². The molecule has 0 aliphatic rings. The standard InChI is InChI=1S/C22H28N2O2/c1-6-24(19-14-10-11-16(2)15-19)21(26)22(4,5)20(25)23-17(3)18-12-8-7-9-13-18/h7-15,17H,6H2,1-5H3,(H,23,25). The Bertz CT molecular complexity index is 769. The number of hydrogen-bond donors (Lipinski definition) is 1. The first-order valence-corrected chi connectivity index (χ1v) is 9.02. The summed E-state index contributed by atoms with van der Waals surface area (Å²) >= 11 is 0. The van der Waals surface area contributed by atoms with Crippen molar-refractivity contribution >= 4 is 17.5 Å². The highest BCUT2D eigenvalue weighted by atomic mass is 16.2. The number of nitrogens with zero attached hydrogens (tertiary/aromatic N) is 1. The second kappa shape index (κ2) is 8.17. The van der Waals surface area contributed by atoms with Gasteiger partial charge in [0.2, 0.25) is 11.8 Å². The SMILES string of the molecule is CCN(C(=O)C(C)(C)C(=O)NC(C)c1ccccc1)c1cccc(C)c1. The quantitative estimate of drug-likeness (QED) is 0.790. The van der Waals surface area contributed by atoms with Crippen LogP contribution in [0.15, 0.2) is 54.6 Å². The molecule has 0 bridgehead atoms. The van der Waals surface area contributed by atoms with E-state index in [4.69, 9.17) is 0 Å². The van der Waals surface area contributed by atoms with Crippen LogP contribution in [0.2, 0.25) is 0 Å². The predicted octanol–water partition coefficient (Wildman–Crippen LogP) is 4.25. The zero-order valence-electron chi connectivity index (χ0n) is 16.2. The summed E-state index contributed by atoms with van der Waals surface area (Å²) in [5, 5.41) is 2.97. The number of anilines is 1. The summed E-state index contributed by atoms with van der Waals surface area (Å²) in [7, 11) is 0. The maximum absolute atomic E-state index is 13.1. The van der Waals surface area contributed by atoms with Crippen LogP contribution in [0.4, 0.5) is 5.69 Å². The Balaban J connectivity index is 2.18. The molecule has 4 nitrogen and oxygen atoms in total. The minimum Gasteiger partial charge on any atom is -0.349 e. The van der Waals surface area contributed by atoms with E-state index in [1.807, 2.05) is 75.4 Å². The largest absolute Gasteiger partial charge is 0.349 e. The Morgan fingerprint density at radius 1 is 1.08 bits per heavy atom. The Labute approximate surface area is 156 Å². The molecule has 0 aromatic heterocycles. The van der Waals surface area contributed by atoms with E-state index >= 15 is 0 Å². The maximum Gasteiger partial charge on any atom is 0.242 e. The van der Waals surface area contributed by atoms with Crippen molar-refractivity contribution in [3.8, 4) is 0 Å². The first-order valence-electron chi connectivity index (χ1n) is 9.02. The van der Waals surface area contributed by atoms with Gasteiger partial charge < -0.3 is 10.2 Å². The summed E-state index contributed by atoms with van der Waals surface area (Å²) in [5.74, 6) is -0.478. The molecule has 2 aromatic rings. The second-order valence-electron chi connectivity index (χ2n) is 7.12. The van der Waals surface area contributed by atoms with Crippen LogP contribution >= 0.6 is 0 Å². The summed E-state index contributed by atoms with van der Waals surface area (Å²) in [6.45, 7) is 9.70. The first kappa shape index (κ1) is 19.7. The van der Waals surface area contributed by atoms with E-state index in [9.17, 15) is 9.59 Å². The second-order valence-corrected chi connectivity index (χ2v) is 7.12. The fourth-order valence-corrected chi connectivity index (χ4v) is 2.88. The molecule has 0 saturated heterocycles. The van der Waals surface area contributed by atoms with Crippen LogP contribution in [0, 0.1) is 12.3 Å². The lowest BCUT2D eigenvalue weighted by molar-refractivity contribution is -0.140. The van der Waals surface area contributed by atoms with E-state index in [-0.39, 0.29) is 17.9 Å². The van der Waals surface area contributed by atoms with Crippen LogP contribution in [0.25, 0.3) is 0 Å². The van der Waals surface area contributed by atoms with Gasteiger partial charge in [-0.25, -0.2) is 0 Å². The fraction of sp³-hybridized carbons (Fsp3) is 0.364. The van der Waals surface area contributed by atoms with E-state index in [2.05, 4.69) is 5.32 Å². The smallest absolute Gasteiger partial charge is 0.242 e. The highest BCUT2D eigenvalue weighted by molar-refractivity contribution is 6.11. The van der Waals surface area contributed by atoms with Crippen molar-refractivity contribution in [3.63, 3.8) is 0 Å². The van der Waals surface area contributed by atoms with Gasteiger partial charge in [-0.3, -0.25) is 9.59 Å². The summed E-state index contributed by atoms with van der Waals surface area (Å²) in [5.41, 5.74) is 1.74. The van der Waals surface area contributed by atoms with Crippen molar-refractivity contribution in [1.29, 1.82) is 0 Å². The van der Waals surface area contributed by atoms with Gasteiger partial charge in [-0.15, -0.1) is 0 Å². The van der Waals surface area contributed by atoms with Crippen LogP contribution in [-0.4, -0.2) is 18.4 Å². The van der Waals surface area contributed by atoms with E-state index in [0.717, 1.165) is 16.8 Å². The highest BCUT2D eigenvalue weighted by Gasteiger charge is 2.39. The van der Waals surface area contributed by atoms with Crippen molar-refractivity contribution in [1.82, 2.24) is 5.32 Å². The monoisotopic (exact) mass is 352 g/mol. The number of rotatable bonds is 6. The third kappa shape index (κ3) is 4.31. The zero-order chi connectivity index (χ0) is 19.3. The van der Waals surface area contributed by atoms with E-state index in [0.29, 0.717) is 6.54 Å². The van der Waals surface area contributed by atoms with E-state index in [1.54, 1.807) is 18.7 Å². The molecule has 1 unspecified atom stereocenters. The van der Waals surface area contributed by atoms with Gasteiger partial charge >= 0.3 is 0 Å². The van der Waals surface area contributed by atoms with E-state index in [1.165, 1.54) is 0 Å². The Hall–Kier alpha value is -2.62. The van der Waals surface area contributed by atoms with Crippen molar-refractivity contribution < 1.29 is 9.59 Å². The number of hydrogen-bond acceptors (Lipinski definition) is 2. The zero-order valence-corrected chi connectivity index (χ0v) is 16.2. The predicted molar refractivity (Wildman–Crippen MR) is 106 cm³/mol. The van der Waals surface area contributed by atoms with Gasteiger partial charge in [-0.05, 0) is 57.9 Å². The molecule has 0 aliphatic heterocycles. The van der Waals surface area contributed by atoms with Crippen LogP contribution in [0.3, 0.4) is 0 Å². The molecule has 2 rings (SSSR count). The average molecular weight is 352 g/mol. The molecule has 2 amide bonds. The lowest BCUT2D eigenvalue weighted by atomic mass is 9.89. The molecule has 1 atom stereocenters. The molecule has 0 heterocycles. The third-order valence-corrected chi connectivity index (χ3v) is 4.62. The molecule has 2 aromatic carbocycles. The van der Waals surface area contributed by atoms with Crippen molar-refractivity contribution in [2.45, 2.75) is 40.7 Å². The number of benzene rings is 2. The lowest BCUT2D eigenvalue weighted by Gasteiger charge is -2.31. The summed E-state index contributed by atoms with van der Waals surface area (Å²) in [4.78, 5) is 27.6. The Morgan fingerprint density at radius 3 is 2.31 bits per heavy atom. The number of carbonyl (C=O) groups excluding carboxylic acids is 2. The van der Waals surface area contributed by atoms with Crippen LogP contribution in [-0.2, 0) is 9.59 Å². The number of carbonyl (C=O) groups is 2. The molecule has 1 N–H and O–H groups in total. The summed E-state index contributed by atoms with van der Waals surface area (Å²) in [6.07, 6.45) is 0. The molecule has 138 valence electrons. The van der Waals surface area contributed by atoms with Gasteiger partial charge in [0.15, 0.2) is 0 Å². The number of nitrogens with one attached hydrogen (secondary N) is 1. The molecule has 0 radical (unpaired) electrons. The molecule has 0 saturated carbocycles. The average Bonchev–Trinajstić information content (AvgIpc) is 2.63. The van der Waals surface area contributed by atoms with Gasteiger partial charge in [-0.1, -0.05) is 42.5 Å². The molecule has 0 fully saturated rings. The minimum atomic E-state index is -1.16. The summed E-state index contributed by atoms with van der Waals surface area (Å²) in [6, 6.07) is 17.3. The van der Waals surface area contributed by atoms with Crippen LogP contribution in [0.5, 0.6) is 0 Å². The van der Waals surface area contributed by atoms with Gasteiger partial charge in [-0.2, -0.15) is 0 Å². The van der Waals surface area contributed by atoms with Gasteiger partial charge in [0.1, 0.15) is 5.41 Å². The van der Waals surface area contributed by atoms with Crippen LogP contribution < -0.4 is 10.2 Å². The maximum atomic E-state index is 13.1. The van der Waals surface area contributed by atoms with Crippen molar-refractivity contribution in [2.75, 3.05) is 11.4 Å². The highest BCUT2D eigenvalue weighted by Crippen LogP contribution is 2.26. The van der Waals surface area contributed by atoms with Crippen LogP contribution in [0.1, 0.15) is 44.9 Å². The van der Waals surface area contributed by atoms with Gasteiger partial charge in [0, 0.05) is 12.2 Å². The molecule has 0 aliphatic carbocycles. The summed E-state index contributed by atoms with van der Waals surface area (Å²) < 4.78 is 0. The molecule has 0 spiro atoms. The molecular weight excluding hydrogens is 324 g/mol. The number of amides is 2. The lowest BCUT2D eigenvalue weighted by Crippen LogP contribution is -2.50. The first-order chi connectivity index (χ1) is 12.3. The molecule has 26 heavy (non-hydrogen) atoms. The van der Waals surface area contributed by atoms with Gasteiger partial charge in [0.25, 0.3) is 0 Å². The minimum absolute atomic E-state index is 0.162. The van der Waals surface area contributed by atoms with Crippen molar-refractivity contribution in [2.24, 2.45) is 5.41 Å². The molecular formula is C22H28N2O2. The fourth-order valence-electron chi connectivity index (χ4n) is 2.88. The Morgan fingerprint density at radius 2 is 1.73 bits per heavy atom. The topological polar surface area (TPSA) is 49.4 Å². The molecule has 4 heteroatoms. The normalized spacial score (nSPS) is 12.3. The van der Waals surface area contributed by atoms with Gasteiger partial charge in [0.05, 0.1) is 6.04 Å².